The summed E-state index contributed by atoms with van der Waals surface area (Å²) in [6, 6.07) is 6.74. The van der Waals surface area contributed by atoms with Crippen LogP contribution in [0.4, 0.5) is 0 Å². The molecule has 92 valence electrons. The van der Waals surface area contributed by atoms with Crippen LogP contribution in [-0.2, 0) is 4.79 Å². The maximum Gasteiger partial charge on any atom is 0.307 e. The van der Waals surface area contributed by atoms with Crippen LogP contribution in [0.3, 0.4) is 0 Å². The summed E-state index contributed by atoms with van der Waals surface area (Å²) in [4.78, 5) is 21.8. The van der Waals surface area contributed by atoms with Crippen molar-refractivity contribution >= 4 is 11.8 Å². The summed E-state index contributed by atoms with van der Waals surface area (Å²) in [5.74, 6) is -0.239. The summed E-state index contributed by atoms with van der Waals surface area (Å²) < 4.78 is 5.40. The number of benzene rings is 1. The molecule has 0 amide bonds. The number of carbonyl (C=O) groups excluding carboxylic acids is 1. The van der Waals surface area contributed by atoms with Gasteiger partial charge in [0.2, 0.25) is 0 Å². The van der Waals surface area contributed by atoms with E-state index in [9.17, 15) is 9.59 Å². The number of rotatable bonds is 6. The molecule has 1 aromatic rings. The highest BCUT2D eigenvalue weighted by molar-refractivity contribution is 5.95. The van der Waals surface area contributed by atoms with Gasteiger partial charge in [0.1, 0.15) is 11.9 Å². The summed E-state index contributed by atoms with van der Waals surface area (Å²) in [6.07, 6.45) is 0.0332. The van der Waals surface area contributed by atoms with Crippen molar-refractivity contribution in [1.29, 1.82) is 0 Å². The predicted octanol–water partition coefficient (Wildman–Crippen LogP) is 2.52. The minimum Gasteiger partial charge on any atom is -0.490 e. The van der Waals surface area contributed by atoms with Crippen molar-refractivity contribution in [2.24, 2.45) is 0 Å². The summed E-state index contributed by atoms with van der Waals surface area (Å²) in [5.41, 5.74) is 0.644. The van der Waals surface area contributed by atoms with Crippen LogP contribution in [0.15, 0.2) is 24.3 Å². The Morgan fingerprint density at radius 2 is 1.88 bits per heavy atom. The average Bonchev–Trinajstić information content (AvgIpc) is 2.28. The van der Waals surface area contributed by atoms with Crippen molar-refractivity contribution in [3.8, 4) is 5.75 Å². The van der Waals surface area contributed by atoms with Crippen LogP contribution in [0.1, 0.15) is 37.0 Å². The Morgan fingerprint density at radius 1 is 1.29 bits per heavy atom. The molecule has 0 aliphatic rings. The number of carbonyl (C=O) groups is 2. The van der Waals surface area contributed by atoms with Gasteiger partial charge in [0.15, 0.2) is 5.78 Å². The molecule has 0 aromatic heterocycles. The Bertz CT molecular complexity index is 394. The number of hydrogen-bond donors (Lipinski definition) is 1. The van der Waals surface area contributed by atoms with Gasteiger partial charge in [-0.1, -0.05) is 6.92 Å². The van der Waals surface area contributed by atoms with Gasteiger partial charge >= 0.3 is 5.97 Å². The first-order valence-electron chi connectivity index (χ1n) is 5.54. The number of aliphatic carboxylic acids is 1. The second-order valence-corrected chi connectivity index (χ2v) is 3.83. The molecule has 1 aromatic carbocycles. The Hall–Kier alpha value is -1.84. The lowest BCUT2D eigenvalue weighted by Gasteiger charge is -2.12. The van der Waals surface area contributed by atoms with E-state index in [0.717, 1.165) is 0 Å². The standard InChI is InChI=1S/C13H16O4/c1-3-12(14)10-4-6-11(7-5-10)17-9(2)8-13(15)16/h4-7,9H,3,8H2,1-2H3,(H,15,16)/t9-/m0/s1. The Morgan fingerprint density at radius 3 is 2.35 bits per heavy atom. The molecule has 1 rings (SSSR count). The zero-order valence-electron chi connectivity index (χ0n) is 9.97. The topological polar surface area (TPSA) is 63.6 Å². The number of hydrogen-bond acceptors (Lipinski definition) is 3. The third kappa shape index (κ3) is 4.26. The molecule has 0 aliphatic heterocycles. The molecule has 0 saturated heterocycles. The molecule has 0 saturated carbocycles. The van der Waals surface area contributed by atoms with Gasteiger partial charge in [0.25, 0.3) is 0 Å². The number of ether oxygens (including phenoxy) is 1. The number of Topliss-reactive ketones (excluding diaryl/α,β-unsaturated/α-hetero) is 1. The highest BCUT2D eigenvalue weighted by atomic mass is 16.5. The first-order valence-corrected chi connectivity index (χ1v) is 5.54. The minimum atomic E-state index is -0.893. The van der Waals surface area contributed by atoms with Crippen LogP contribution >= 0.6 is 0 Å². The monoisotopic (exact) mass is 236 g/mol. The molecule has 17 heavy (non-hydrogen) atoms. The van der Waals surface area contributed by atoms with Crippen LogP contribution in [-0.4, -0.2) is 23.0 Å². The van der Waals surface area contributed by atoms with E-state index in [1.165, 1.54) is 0 Å². The third-order valence-electron chi connectivity index (χ3n) is 2.30. The molecule has 0 heterocycles. The molecule has 4 heteroatoms. The lowest BCUT2D eigenvalue weighted by molar-refractivity contribution is -0.138. The molecule has 1 atom stereocenters. The van der Waals surface area contributed by atoms with E-state index in [0.29, 0.717) is 17.7 Å². The van der Waals surface area contributed by atoms with Gasteiger partial charge in [-0.05, 0) is 31.2 Å². The normalized spacial score (nSPS) is 11.9. The fourth-order valence-corrected chi connectivity index (χ4v) is 1.44. The predicted molar refractivity (Wildman–Crippen MR) is 63.4 cm³/mol. The molecule has 4 nitrogen and oxygen atoms in total. The van der Waals surface area contributed by atoms with E-state index in [-0.39, 0.29) is 18.3 Å². The molecule has 0 aliphatic carbocycles. The van der Waals surface area contributed by atoms with Crippen LogP contribution in [0, 0.1) is 0 Å². The van der Waals surface area contributed by atoms with E-state index in [2.05, 4.69) is 0 Å². The van der Waals surface area contributed by atoms with Gasteiger partial charge in [0, 0.05) is 12.0 Å². The maximum atomic E-state index is 11.4. The van der Waals surface area contributed by atoms with E-state index < -0.39 is 5.97 Å². The van der Waals surface area contributed by atoms with Crippen LogP contribution < -0.4 is 4.74 Å². The van der Waals surface area contributed by atoms with Gasteiger partial charge in [-0.15, -0.1) is 0 Å². The highest BCUT2D eigenvalue weighted by Gasteiger charge is 2.09. The lowest BCUT2D eigenvalue weighted by Crippen LogP contribution is -2.16. The average molecular weight is 236 g/mol. The smallest absolute Gasteiger partial charge is 0.307 e. The minimum absolute atomic E-state index is 0.0460. The second-order valence-electron chi connectivity index (χ2n) is 3.83. The zero-order valence-corrected chi connectivity index (χ0v) is 9.97. The van der Waals surface area contributed by atoms with Gasteiger partial charge in [0.05, 0.1) is 6.42 Å². The first-order chi connectivity index (χ1) is 8.02. The molecular formula is C13H16O4. The van der Waals surface area contributed by atoms with Crippen LogP contribution in [0.25, 0.3) is 0 Å². The van der Waals surface area contributed by atoms with E-state index in [1.54, 1.807) is 31.2 Å². The van der Waals surface area contributed by atoms with Gasteiger partial charge < -0.3 is 9.84 Å². The van der Waals surface area contributed by atoms with Crippen molar-refractivity contribution in [3.63, 3.8) is 0 Å². The fourth-order valence-electron chi connectivity index (χ4n) is 1.44. The van der Waals surface area contributed by atoms with Gasteiger partial charge in [-0.2, -0.15) is 0 Å². The summed E-state index contributed by atoms with van der Waals surface area (Å²) in [6.45, 7) is 3.50. The van der Waals surface area contributed by atoms with Crippen molar-refractivity contribution in [1.82, 2.24) is 0 Å². The van der Waals surface area contributed by atoms with Crippen molar-refractivity contribution in [3.05, 3.63) is 29.8 Å². The van der Waals surface area contributed by atoms with Crippen LogP contribution in [0.2, 0.25) is 0 Å². The molecule has 0 radical (unpaired) electrons. The summed E-state index contributed by atoms with van der Waals surface area (Å²) in [7, 11) is 0. The number of carboxylic acid groups (broad SMARTS) is 1. The SMILES string of the molecule is CCC(=O)c1ccc(O[C@@H](C)CC(=O)O)cc1. The van der Waals surface area contributed by atoms with E-state index in [1.807, 2.05) is 6.92 Å². The van der Waals surface area contributed by atoms with Crippen molar-refractivity contribution in [2.75, 3.05) is 0 Å². The third-order valence-corrected chi connectivity index (χ3v) is 2.30. The fraction of sp³-hybridized carbons (Fsp3) is 0.385. The van der Waals surface area contributed by atoms with Gasteiger partial charge in [-0.3, -0.25) is 9.59 Å². The number of ketones is 1. The highest BCUT2D eigenvalue weighted by Crippen LogP contribution is 2.15. The largest absolute Gasteiger partial charge is 0.490 e. The molecule has 0 fully saturated rings. The molecule has 0 bridgehead atoms. The Kier molecular flexibility index (Phi) is 4.69. The quantitative estimate of drug-likeness (QED) is 0.771. The Balaban J connectivity index is 2.62. The number of carboxylic acids is 1. The molecule has 0 spiro atoms. The summed E-state index contributed by atoms with van der Waals surface area (Å²) in [5, 5.41) is 8.59. The second kappa shape index (κ2) is 6.03. The summed E-state index contributed by atoms with van der Waals surface area (Å²) >= 11 is 0. The molecule has 1 N–H and O–H groups in total. The Labute approximate surface area is 100 Å². The van der Waals surface area contributed by atoms with Crippen LogP contribution in [0.5, 0.6) is 5.75 Å². The van der Waals surface area contributed by atoms with Crippen molar-refractivity contribution < 1.29 is 19.4 Å². The van der Waals surface area contributed by atoms with Gasteiger partial charge in [-0.25, -0.2) is 0 Å². The molecular weight excluding hydrogens is 220 g/mol. The van der Waals surface area contributed by atoms with E-state index >= 15 is 0 Å². The maximum absolute atomic E-state index is 11.4. The van der Waals surface area contributed by atoms with Crippen molar-refractivity contribution in [2.45, 2.75) is 32.8 Å². The molecule has 0 unspecified atom stereocenters. The van der Waals surface area contributed by atoms with E-state index in [4.69, 9.17) is 9.84 Å². The first kappa shape index (κ1) is 13.2. The zero-order chi connectivity index (χ0) is 12.8. The lowest BCUT2D eigenvalue weighted by atomic mass is 10.1.